The van der Waals surface area contributed by atoms with Gasteiger partial charge in [-0.2, -0.15) is 0 Å². The van der Waals surface area contributed by atoms with Crippen LogP contribution in [-0.2, 0) is 12.8 Å². The minimum absolute atomic E-state index is 1.11. The molecule has 0 saturated heterocycles. The molecule has 2 aliphatic carbocycles. The third-order valence-corrected chi connectivity index (χ3v) is 13.2. The van der Waals surface area contributed by atoms with Crippen molar-refractivity contribution < 1.29 is 0 Å². The monoisotopic (exact) mass is 482 g/mol. The van der Waals surface area contributed by atoms with Gasteiger partial charge in [-0.25, -0.2) is 0 Å². The van der Waals surface area contributed by atoms with E-state index in [4.69, 9.17) is 0 Å². The molecule has 178 valence electrons. The van der Waals surface area contributed by atoms with Gasteiger partial charge in [-0.15, -0.1) is 0 Å². The average Bonchev–Trinajstić information content (AvgIpc) is 3.58. The fourth-order valence-corrected chi connectivity index (χ4v) is 10.4. The third kappa shape index (κ3) is 4.02. The molecule has 0 saturated carbocycles. The summed E-state index contributed by atoms with van der Waals surface area (Å²) in [6.07, 6.45) is 9.99. The lowest BCUT2D eigenvalue weighted by atomic mass is 9.97. The van der Waals surface area contributed by atoms with Gasteiger partial charge in [0.05, 0.1) is 0 Å². The van der Waals surface area contributed by atoms with E-state index < -0.39 is 8.07 Å². The Balaban J connectivity index is 1.42. The lowest BCUT2D eigenvalue weighted by Crippen LogP contribution is -2.36. The van der Waals surface area contributed by atoms with Crippen LogP contribution in [0.15, 0.2) is 107 Å². The Kier molecular flexibility index (Phi) is 6.11. The minimum atomic E-state index is -1.83. The van der Waals surface area contributed by atoms with E-state index in [1.54, 1.807) is 10.4 Å². The van der Waals surface area contributed by atoms with Gasteiger partial charge in [-0.05, 0) is 57.3 Å². The van der Waals surface area contributed by atoms with Gasteiger partial charge in [0.15, 0.2) is 0 Å². The predicted molar refractivity (Wildman–Crippen MR) is 158 cm³/mol. The summed E-state index contributed by atoms with van der Waals surface area (Å²) in [5.41, 5.74) is 11.3. The van der Waals surface area contributed by atoms with E-state index in [0.717, 1.165) is 12.8 Å². The molecule has 0 spiro atoms. The maximum atomic E-state index is 2.66. The van der Waals surface area contributed by atoms with Crippen molar-refractivity contribution in [3.8, 4) is 22.3 Å². The molecular weight excluding hydrogens is 448 g/mol. The van der Waals surface area contributed by atoms with Crippen LogP contribution in [0.2, 0.25) is 12.6 Å². The normalized spacial score (nSPS) is 14.3. The average molecular weight is 483 g/mol. The van der Waals surface area contributed by atoms with Crippen LogP contribution in [-0.4, -0.2) is 8.07 Å². The zero-order valence-corrected chi connectivity index (χ0v) is 22.4. The van der Waals surface area contributed by atoms with Crippen LogP contribution < -0.4 is 0 Å². The van der Waals surface area contributed by atoms with Crippen molar-refractivity contribution in [2.75, 3.05) is 0 Å². The van der Waals surface area contributed by atoms with E-state index in [-0.39, 0.29) is 0 Å². The number of hydrogen-bond donors (Lipinski definition) is 0. The second-order valence-corrected chi connectivity index (χ2v) is 15.1. The van der Waals surface area contributed by atoms with Crippen LogP contribution in [0.5, 0.6) is 0 Å². The molecule has 0 fully saturated rings. The molecule has 0 aromatic heterocycles. The van der Waals surface area contributed by atoms with Crippen molar-refractivity contribution in [2.45, 2.75) is 45.2 Å². The van der Waals surface area contributed by atoms with Gasteiger partial charge in [-0.3, -0.25) is 0 Å². The quantitative estimate of drug-likeness (QED) is 0.230. The fraction of sp³-hybridized carbons (Fsp3) is 0.200. The summed E-state index contributed by atoms with van der Waals surface area (Å²) in [6, 6.07) is 37.0. The molecule has 0 nitrogen and oxygen atoms in total. The number of unbranched alkanes of at least 4 members (excludes halogenated alkanes) is 1. The van der Waals surface area contributed by atoms with Crippen LogP contribution in [0.1, 0.15) is 42.0 Å². The SMILES string of the molecule is CCCC[Si](C)(C1=Cc2c(cccc2-c2ccccc2)C1)C1=Cc2c(cccc2-c2ccccc2)C1. The third-order valence-electron chi connectivity index (χ3n) is 8.41. The van der Waals surface area contributed by atoms with Crippen LogP contribution in [0, 0.1) is 0 Å². The Labute approximate surface area is 217 Å². The minimum Gasteiger partial charge on any atom is -0.0712 e. The summed E-state index contributed by atoms with van der Waals surface area (Å²) in [4.78, 5) is 0. The van der Waals surface area contributed by atoms with Crippen LogP contribution in [0.25, 0.3) is 34.4 Å². The molecule has 2 aliphatic rings. The fourth-order valence-electron chi connectivity index (χ4n) is 6.24. The smallest absolute Gasteiger partial charge is 0.0712 e. The van der Waals surface area contributed by atoms with Crippen molar-refractivity contribution in [3.05, 3.63) is 130 Å². The molecule has 0 bridgehead atoms. The first-order valence-electron chi connectivity index (χ1n) is 13.4. The number of rotatable bonds is 7. The second-order valence-electron chi connectivity index (χ2n) is 10.6. The lowest BCUT2D eigenvalue weighted by Gasteiger charge is -2.31. The zero-order valence-electron chi connectivity index (χ0n) is 21.4. The summed E-state index contributed by atoms with van der Waals surface area (Å²) in [5.74, 6) is 0. The summed E-state index contributed by atoms with van der Waals surface area (Å²) in [6.45, 7) is 4.99. The Morgan fingerprint density at radius 1 is 0.583 bits per heavy atom. The molecular formula is C35H34Si. The molecule has 0 atom stereocenters. The predicted octanol–water partition coefficient (Wildman–Crippen LogP) is 9.56. The summed E-state index contributed by atoms with van der Waals surface area (Å²) in [7, 11) is -1.83. The first-order valence-corrected chi connectivity index (χ1v) is 16.1. The van der Waals surface area contributed by atoms with Gasteiger partial charge < -0.3 is 0 Å². The molecule has 0 aliphatic heterocycles. The number of allylic oxidation sites excluding steroid dienone is 2. The zero-order chi connectivity index (χ0) is 24.5. The number of benzene rings is 4. The van der Waals surface area contributed by atoms with Gasteiger partial charge in [-0.1, -0.05) is 152 Å². The van der Waals surface area contributed by atoms with E-state index in [0.29, 0.717) is 0 Å². The molecule has 0 radical (unpaired) electrons. The molecule has 0 amide bonds. The molecule has 0 unspecified atom stereocenters. The maximum absolute atomic E-state index is 2.66. The summed E-state index contributed by atoms with van der Waals surface area (Å²) >= 11 is 0. The Hall–Kier alpha value is -3.42. The second kappa shape index (κ2) is 9.56. The van der Waals surface area contributed by atoms with Crippen molar-refractivity contribution in [2.24, 2.45) is 0 Å². The largest absolute Gasteiger partial charge is 0.106 e. The molecule has 36 heavy (non-hydrogen) atoms. The van der Waals surface area contributed by atoms with E-state index in [2.05, 4.69) is 123 Å². The number of hydrogen-bond acceptors (Lipinski definition) is 0. The van der Waals surface area contributed by atoms with Gasteiger partial charge in [0, 0.05) is 0 Å². The molecule has 4 aromatic carbocycles. The van der Waals surface area contributed by atoms with Crippen LogP contribution in [0.4, 0.5) is 0 Å². The molecule has 0 N–H and O–H groups in total. The van der Waals surface area contributed by atoms with Gasteiger partial charge in [0.1, 0.15) is 8.07 Å². The van der Waals surface area contributed by atoms with Gasteiger partial charge in [0.2, 0.25) is 0 Å². The summed E-state index contributed by atoms with van der Waals surface area (Å²) in [5, 5.41) is 3.43. The van der Waals surface area contributed by atoms with E-state index in [1.165, 1.54) is 63.4 Å². The van der Waals surface area contributed by atoms with E-state index in [1.807, 2.05) is 0 Å². The van der Waals surface area contributed by atoms with Crippen molar-refractivity contribution in [3.63, 3.8) is 0 Å². The van der Waals surface area contributed by atoms with Crippen molar-refractivity contribution in [1.82, 2.24) is 0 Å². The van der Waals surface area contributed by atoms with E-state index in [9.17, 15) is 0 Å². The highest BCUT2D eigenvalue weighted by Crippen LogP contribution is 2.45. The highest BCUT2D eigenvalue weighted by atomic mass is 28.3. The Morgan fingerprint density at radius 3 is 1.50 bits per heavy atom. The Morgan fingerprint density at radius 2 is 1.06 bits per heavy atom. The maximum Gasteiger partial charge on any atom is 0.106 e. The topological polar surface area (TPSA) is 0 Å². The first kappa shape index (κ1) is 23.0. The first-order chi connectivity index (χ1) is 17.7. The highest BCUT2D eigenvalue weighted by molar-refractivity contribution is 6.93. The summed E-state index contributed by atoms with van der Waals surface area (Å²) < 4.78 is 0. The van der Waals surface area contributed by atoms with Crippen LogP contribution in [0.3, 0.4) is 0 Å². The van der Waals surface area contributed by atoms with Crippen molar-refractivity contribution in [1.29, 1.82) is 0 Å². The highest BCUT2D eigenvalue weighted by Gasteiger charge is 2.39. The van der Waals surface area contributed by atoms with Gasteiger partial charge in [0.25, 0.3) is 0 Å². The standard InChI is InChI=1S/C35H34Si/c1-3-4-21-36(2,30-22-28-17-11-19-32(34(28)24-30)26-13-7-5-8-14-26)31-23-29-18-12-20-33(35(29)25-31)27-15-9-6-10-16-27/h5-20,24-25H,3-4,21-23H2,1-2H3. The lowest BCUT2D eigenvalue weighted by molar-refractivity contribution is 0.867. The van der Waals surface area contributed by atoms with Crippen LogP contribution >= 0.6 is 0 Å². The molecule has 6 rings (SSSR count). The van der Waals surface area contributed by atoms with Crippen molar-refractivity contribution >= 4 is 20.2 Å². The number of fused-ring (bicyclic) bond motifs is 2. The van der Waals surface area contributed by atoms with E-state index >= 15 is 0 Å². The van der Waals surface area contributed by atoms with Gasteiger partial charge >= 0.3 is 0 Å². The molecule has 4 aromatic rings. The molecule has 0 heterocycles. The Bertz CT molecular complexity index is 1350. The molecule has 1 heteroatoms.